The second-order valence-electron chi connectivity index (χ2n) is 1.47. The molecule has 0 fully saturated rings. The van der Waals surface area contributed by atoms with E-state index < -0.39 is 3.23 Å². The molecule has 0 rings (SSSR count). The van der Waals surface area contributed by atoms with Crippen LogP contribution in [0.25, 0.3) is 0 Å². The van der Waals surface area contributed by atoms with Crippen LogP contribution in [0, 0.1) is 0 Å². The Bertz CT molecular complexity index is 96.7. The smallest absolute Gasteiger partial charge is 0.247 e. The van der Waals surface area contributed by atoms with Crippen molar-refractivity contribution in [2.24, 2.45) is 0 Å². The van der Waals surface area contributed by atoms with E-state index in [1.807, 2.05) is 0 Å². The fraction of sp³-hybridized carbons (Fsp3) is 0.750. The van der Waals surface area contributed by atoms with Gasteiger partial charge in [0.15, 0.2) is 3.23 Å². The first-order valence-corrected chi connectivity index (χ1v) is 3.67. The Kier molecular flexibility index (Phi) is 2.98. The molecule has 0 saturated heterocycles. The number of hydrogen-bond acceptors (Lipinski definition) is 1. The van der Waals surface area contributed by atoms with Crippen LogP contribution in [0.2, 0.25) is 0 Å². The van der Waals surface area contributed by atoms with Gasteiger partial charge >= 0.3 is 0 Å². The van der Waals surface area contributed by atoms with Gasteiger partial charge in [0.05, 0.1) is 0 Å². The van der Waals surface area contributed by atoms with Crippen LogP contribution >= 0.6 is 31.9 Å². The molecule has 4 heteroatoms. The van der Waals surface area contributed by atoms with Crippen LogP contribution in [-0.4, -0.2) is 16.2 Å². The molecule has 0 saturated carbocycles. The first-order chi connectivity index (χ1) is 3.48. The average Bonchev–Trinajstić information content (AvgIpc) is 1.62. The van der Waals surface area contributed by atoms with Crippen molar-refractivity contribution in [3.8, 4) is 0 Å². The Morgan fingerprint density at radius 3 is 2.00 bits per heavy atom. The fourth-order valence-corrected chi connectivity index (χ4v) is 0.616. The standard InChI is InChI=1S/C4H7Br2NO/c1-4(5,6)3(8)7-2/h1-2H3,(H,7,8). The van der Waals surface area contributed by atoms with Gasteiger partial charge in [0, 0.05) is 7.05 Å². The minimum atomic E-state index is -0.616. The molecule has 0 bridgehead atoms. The van der Waals surface area contributed by atoms with E-state index in [4.69, 9.17) is 0 Å². The predicted octanol–water partition coefficient (Wildman–Crippen LogP) is 1.24. The maximum Gasteiger partial charge on any atom is 0.247 e. The van der Waals surface area contributed by atoms with Crippen LogP contribution in [0.15, 0.2) is 0 Å². The summed E-state index contributed by atoms with van der Waals surface area (Å²) in [6.45, 7) is 1.71. The highest BCUT2D eigenvalue weighted by Gasteiger charge is 2.23. The van der Waals surface area contributed by atoms with Crippen molar-refractivity contribution >= 4 is 37.8 Å². The molecular weight excluding hydrogens is 238 g/mol. The van der Waals surface area contributed by atoms with Gasteiger partial charge in [0.1, 0.15) is 0 Å². The van der Waals surface area contributed by atoms with Gasteiger partial charge in [-0.25, -0.2) is 0 Å². The molecule has 1 N–H and O–H groups in total. The molecule has 1 amide bonds. The van der Waals surface area contributed by atoms with E-state index in [-0.39, 0.29) is 5.91 Å². The molecule has 0 atom stereocenters. The minimum Gasteiger partial charge on any atom is -0.357 e. The van der Waals surface area contributed by atoms with E-state index >= 15 is 0 Å². The summed E-state index contributed by atoms with van der Waals surface area (Å²) >= 11 is 6.22. The van der Waals surface area contributed by atoms with E-state index in [2.05, 4.69) is 37.2 Å². The molecule has 0 heterocycles. The molecule has 2 nitrogen and oxygen atoms in total. The highest BCUT2D eigenvalue weighted by Crippen LogP contribution is 2.24. The summed E-state index contributed by atoms with van der Waals surface area (Å²) in [7, 11) is 1.59. The van der Waals surface area contributed by atoms with Crippen molar-refractivity contribution < 1.29 is 4.79 Å². The van der Waals surface area contributed by atoms with Crippen LogP contribution in [0.1, 0.15) is 6.92 Å². The molecule has 0 aromatic rings. The second-order valence-corrected chi connectivity index (χ2v) is 5.70. The number of carbonyl (C=O) groups is 1. The first kappa shape index (κ1) is 8.43. The third kappa shape index (κ3) is 2.67. The van der Waals surface area contributed by atoms with Crippen LogP contribution in [0.5, 0.6) is 0 Å². The summed E-state index contributed by atoms with van der Waals surface area (Å²) in [6, 6.07) is 0. The zero-order valence-electron chi connectivity index (χ0n) is 4.66. The summed E-state index contributed by atoms with van der Waals surface area (Å²) in [5, 5.41) is 2.47. The van der Waals surface area contributed by atoms with Crippen LogP contribution in [0.3, 0.4) is 0 Å². The number of carbonyl (C=O) groups excluding carboxylic acids is 1. The molecule has 0 spiro atoms. The Labute approximate surface area is 65.3 Å². The number of rotatable bonds is 1. The fourth-order valence-electron chi connectivity index (χ4n) is 0.219. The monoisotopic (exact) mass is 243 g/mol. The zero-order valence-corrected chi connectivity index (χ0v) is 7.84. The summed E-state index contributed by atoms with van der Waals surface area (Å²) < 4.78 is -0.616. The van der Waals surface area contributed by atoms with E-state index in [1.54, 1.807) is 14.0 Å². The van der Waals surface area contributed by atoms with E-state index in [0.29, 0.717) is 0 Å². The van der Waals surface area contributed by atoms with Gasteiger partial charge in [-0.05, 0) is 6.92 Å². The lowest BCUT2D eigenvalue weighted by Crippen LogP contribution is -2.32. The van der Waals surface area contributed by atoms with E-state index in [1.165, 1.54) is 0 Å². The topological polar surface area (TPSA) is 29.1 Å². The molecule has 8 heavy (non-hydrogen) atoms. The molecule has 0 aliphatic rings. The Morgan fingerprint density at radius 2 is 2.00 bits per heavy atom. The molecule has 48 valence electrons. The van der Waals surface area contributed by atoms with Crippen LogP contribution < -0.4 is 5.32 Å². The van der Waals surface area contributed by atoms with Gasteiger partial charge in [0.25, 0.3) is 0 Å². The average molecular weight is 245 g/mol. The van der Waals surface area contributed by atoms with Crippen LogP contribution in [0.4, 0.5) is 0 Å². The number of alkyl halides is 2. The van der Waals surface area contributed by atoms with Gasteiger partial charge in [0.2, 0.25) is 5.91 Å². The molecule has 0 radical (unpaired) electrons. The lowest BCUT2D eigenvalue weighted by molar-refractivity contribution is -0.120. The molecule has 0 unspecified atom stereocenters. The van der Waals surface area contributed by atoms with Crippen molar-refractivity contribution in [3.63, 3.8) is 0 Å². The SMILES string of the molecule is CNC(=O)C(C)(Br)Br. The lowest BCUT2D eigenvalue weighted by atomic mass is 10.5. The highest BCUT2D eigenvalue weighted by atomic mass is 79.9. The maximum atomic E-state index is 10.6. The van der Waals surface area contributed by atoms with Gasteiger partial charge in [-0.1, -0.05) is 31.9 Å². The molecule has 0 aromatic heterocycles. The third-order valence-electron chi connectivity index (χ3n) is 0.626. The maximum absolute atomic E-state index is 10.6. The van der Waals surface area contributed by atoms with Crippen molar-refractivity contribution in [2.45, 2.75) is 10.2 Å². The molecule has 0 aromatic carbocycles. The van der Waals surface area contributed by atoms with Gasteiger partial charge < -0.3 is 5.32 Å². The van der Waals surface area contributed by atoms with Crippen molar-refractivity contribution in [2.75, 3.05) is 7.05 Å². The predicted molar refractivity (Wildman–Crippen MR) is 40.3 cm³/mol. The molecular formula is C4H7Br2NO. The third-order valence-corrected chi connectivity index (χ3v) is 1.35. The second kappa shape index (κ2) is 2.82. The summed E-state index contributed by atoms with van der Waals surface area (Å²) in [5.41, 5.74) is 0. The highest BCUT2D eigenvalue weighted by molar-refractivity contribution is 9.25. The number of nitrogens with one attached hydrogen (secondary N) is 1. The largest absolute Gasteiger partial charge is 0.357 e. The molecule has 0 aliphatic carbocycles. The first-order valence-electron chi connectivity index (χ1n) is 2.08. The van der Waals surface area contributed by atoms with E-state index in [9.17, 15) is 4.79 Å². The number of amides is 1. The Hall–Kier alpha value is 0.430. The van der Waals surface area contributed by atoms with Crippen molar-refractivity contribution in [1.29, 1.82) is 0 Å². The lowest BCUT2D eigenvalue weighted by Gasteiger charge is -2.09. The quantitative estimate of drug-likeness (QED) is 0.691. The molecule has 0 aliphatic heterocycles. The van der Waals surface area contributed by atoms with Gasteiger partial charge in [-0.2, -0.15) is 0 Å². The zero-order chi connectivity index (χ0) is 6.78. The minimum absolute atomic E-state index is 0.0856. The summed E-state index contributed by atoms with van der Waals surface area (Å²) in [4.78, 5) is 10.6. The number of halogens is 2. The van der Waals surface area contributed by atoms with Crippen molar-refractivity contribution in [1.82, 2.24) is 5.32 Å². The number of hydrogen-bond donors (Lipinski definition) is 1. The van der Waals surface area contributed by atoms with Gasteiger partial charge in [-0.3, -0.25) is 4.79 Å². The van der Waals surface area contributed by atoms with Crippen molar-refractivity contribution in [3.05, 3.63) is 0 Å². The summed E-state index contributed by atoms with van der Waals surface area (Å²) in [6.07, 6.45) is 0. The van der Waals surface area contributed by atoms with E-state index in [0.717, 1.165) is 0 Å². The Balaban J connectivity index is 3.82. The normalized spacial score (nSPS) is 11.0. The van der Waals surface area contributed by atoms with Gasteiger partial charge in [-0.15, -0.1) is 0 Å². The van der Waals surface area contributed by atoms with Crippen LogP contribution in [-0.2, 0) is 4.79 Å². The summed E-state index contributed by atoms with van der Waals surface area (Å²) in [5.74, 6) is -0.0856. The Morgan fingerprint density at radius 1 is 1.62 bits per heavy atom.